The molecule has 2 aliphatic heterocycles. The molecule has 3 N–H and O–H groups in total. The smallest absolute Gasteiger partial charge is 0.252 e. The summed E-state index contributed by atoms with van der Waals surface area (Å²) in [5.74, 6) is -0.0361. The van der Waals surface area contributed by atoms with E-state index in [1.165, 1.54) is 13.2 Å². The number of nitrogens with one attached hydrogen (secondary N) is 1. The first kappa shape index (κ1) is 31.6. The zero-order valence-corrected chi connectivity index (χ0v) is 25.3. The minimum absolute atomic E-state index is 0.0589. The molecule has 1 aromatic rings. The number of morpholine rings is 1. The Morgan fingerprint density at radius 2 is 2.05 bits per heavy atom. The third-order valence-corrected chi connectivity index (χ3v) is 8.31. The molecule has 4 unspecified atom stereocenters. The molecule has 1 aliphatic carbocycles. The second-order valence-electron chi connectivity index (χ2n) is 10.2. The second kappa shape index (κ2) is 15.3. The number of hydrogen-bond acceptors (Lipinski definition) is 10. The van der Waals surface area contributed by atoms with Gasteiger partial charge in [0.2, 0.25) is 5.91 Å². The largest absolute Gasteiger partial charge is 0.493 e. The Morgan fingerprint density at radius 1 is 1.27 bits per heavy atom. The summed E-state index contributed by atoms with van der Waals surface area (Å²) in [6.07, 6.45) is 0.894. The van der Waals surface area contributed by atoms with Crippen molar-refractivity contribution < 1.29 is 43.5 Å². The van der Waals surface area contributed by atoms with E-state index >= 15 is 0 Å². The molecule has 0 radical (unpaired) electrons. The molecule has 2 saturated heterocycles. The van der Waals surface area contributed by atoms with Crippen LogP contribution in [0.25, 0.3) is 0 Å². The van der Waals surface area contributed by atoms with Crippen LogP contribution in [-0.4, -0.2) is 129 Å². The summed E-state index contributed by atoms with van der Waals surface area (Å²) in [7, 11) is 1.45. The average molecular weight is 688 g/mol. The minimum atomic E-state index is -1.19. The molecule has 226 valence electrons. The highest BCUT2D eigenvalue weighted by molar-refractivity contribution is 14.1. The Labute approximate surface area is 253 Å². The van der Waals surface area contributed by atoms with Gasteiger partial charge < -0.3 is 39.4 Å². The van der Waals surface area contributed by atoms with Gasteiger partial charge in [-0.25, -0.2) is 0 Å². The fourth-order valence-corrected chi connectivity index (χ4v) is 6.06. The number of amides is 2. The van der Waals surface area contributed by atoms with Crippen molar-refractivity contribution in [3.8, 4) is 11.5 Å². The molecule has 13 heteroatoms. The lowest BCUT2D eigenvalue weighted by Gasteiger charge is -2.42. The number of rotatable bonds is 12. The van der Waals surface area contributed by atoms with Crippen LogP contribution >= 0.6 is 22.6 Å². The molecule has 41 heavy (non-hydrogen) atoms. The molecule has 4 rings (SSSR count). The van der Waals surface area contributed by atoms with Crippen LogP contribution in [0.15, 0.2) is 23.8 Å². The first-order valence-electron chi connectivity index (χ1n) is 13.9. The molecule has 12 nitrogen and oxygen atoms in total. The predicted molar refractivity (Wildman–Crippen MR) is 156 cm³/mol. The van der Waals surface area contributed by atoms with E-state index in [4.69, 9.17) is 18.9 Å². The van der Waals surface area contributed by atoms with Gasteiger partial charge >= 0.3 is 0 Å². The van der Waals surface area contributed by atoms with Crippen molar-refractivity contribution in [1.82, 2.24) is 15.1 Å². The van der Waals surface area contributed by atoms with Crippen LogP contribution in [0, 0.1) is 3.57 Å². The first-order chi connectivity index (χ1) is 19.9. The molecule has 4 atom stereocenters. The fourth-order valence-electron chi connectivity index (χ4n) is 5.31. The lowest BCUT2D eigenvalue weighted by atomic mass is 9.87. The van der Waals surface area contributed by atoms with Crippen molar-refractivity contribution in [2.75, 3.05) is 66.3 Å². The Morgan fingerprint density at radius 3 is 2.71 bits per heavy atom. The lowest BCUT2D eigenvalue weighted by molar-refractivity contribution is -0.148. The summed E-state index contributed by atoms with van der Waals surface area (Å²) in [6.45, 7) is 3.94. The summed E-state index contributed by atoms with van der Waals surface area (Å²) >= 11 is 2.02. The third-order valence-electron chi connectivity index (χ3n) is 7.51. The summed E-state index contributed by atoms with van der Waals surface area (Å²) in [6, 6.07) is 2.38. The Balaban J connectivity index is 1.66. The van der Waals surface area contributed by atoms with Crippen molar-refractivity contribution in [2.45, 2.75) is 43.6 Å². The third kappa shape index (κ3) is 7.96. The Hall–Kier alpha value is -2.30. The molecule has 0 aromatic heterocycles. The van der Waals surface area contributed by atoms with E-state index in [0.717, 1.165) is 19.5 Å². The van der Waals surface area contributed by atoms with Gasteiger partial charge in [0.15, 0.2) is 11.5 Å². The van der Waals surface area contributed by atoms with Crippen LogP contribution in [0.5, 0.6) is 11.5 Å². The van der Waals surface area contributed by atoms with Crippen molar-refractivity contribution in [3.05, 3.63) is 32.9 Å². The van der Waals surface area contributed by atoms with Gasteiger partial charge in [-0.3, -0.25) is 19.3 Å². The van der Waals surface area contributed by atoms with Gasteiger partial charge in [-0.15, -0.1) is 0 Å². The molecule has 2 fully saturated rings. The molecule has 2 amide bonds. The van der Waals surface area contributed by atoms with E-state index in [2.05, 4.69) is 10.2 Å². The highest BCUT2D eigenvalue weighted by Crippen LogP contribution is 2.37. The van der Waals surface area contributed by atoms with Crippen LogP contribution in [0.1, 0.15) is 29.6 Å². The fraction of sp³-hybridized carbons (Fsp3) is 0.607. The van der Waals surface area contributed by atoms with Crippen molar-refractivity contribution in [3.63, 3.8) is 0 Å². The maximum absolute atomic E-state index is 13.8. The van der Waals surface area contributed by atoms with Gasteiger partial charge in [0.05, 0.1) is 36.5 Å². The van der Waals surface area contributed by atoms with Gasteiger partial charge in [0.1, 0.15) is 24.6 Å². The van der Waals surface area contributed by atoms with Crippen molar-refractivity contribution in [2.24, 2.45) is 0 Å². The van der Waals surface area contributed by atoms with Crippen molar-refractivity contribution in [1.29, 1.82) is 0 Å². The number of nitrogens with zero attached hydrogens (tertiary/aromatic N) is 2. The van der Waals surface area contributed by atoms with Crippen molar-refractivity contribution >= 4 is 40.7 Å². The predicted octanol–water partition coefficient (Wildman–Crippen LogP) is 0.368. The normalized spacial score (nSPS) is 24.8. The number of aldehydes is 1. The maximum Gasteiger partial charge on any atom is 0.252 e. The SMILES string of the molecule is COc1cc(C=O)cc(I)c1OC1C=C(C(=O)NCCO)CC(N(CCN2CCOCC2)C(=O)C2CCCO2)C1O. The minimum Gasteiger partial charge on any atom is -0.493 e. The van der Waals surface area contributed by atoms with E-state index in [0.29, 0.717) is 71.8 Å². The molecule has 3 aliphatic rings. The van der Waals surface area contributed by atoms with Gasteiger partial charge in [0.25, 0.3) is 5.91 Å². The first-order valence-corrected chi connectivity index (χ1v) is 14.9. The highest BCUT2D eigenvalue weighted by Gasteiger charge is 2.43. The molecule has 0 bridgehead atoms. The van der Waals surface area contributed by atoms with Crippen LogP contribution in [0.2, 0.25) is 0 Å². The standard InChI is InChI=1S/C28H38IN3O9/c1-38-24-14-18(17-34)13-20(29)26(24)41-23-16-19(27(36)30-4-9-33)15-21(25(23)35)32(28(37)22-3-2-10-40-22)6-5-31-7-11-39-12-8-31/h13-14,16-17,21-23,25,33,35H,2-12,15H2,1H3,(H,30,36). The number of hydrogen-bond donors (Lipinski definition) is 3. The van der Waals surface area contributed by atoms with Gasteiger partial charge in [0, 0.05) is 56.9 Å². The number of methoxy groups -OCH3 is 1. The molecule has 2 heterocycles. The highest BCUT2D eigenvalue weighted by atomic mass is 127. The number of aliphatic hydroxyl groups is 2. The second-order valence-corrected chi connectivity index (χ2v) is 11.3. The number of halogens is 1. The summed E-state index contributed by atoms with van der Waals surface area (Å²) in [5, 5.41) is 23.6. The van der Waals surface area contributed by atoms with Crippen LogP contribution in [-0.2, 0) is 19.1 Å². The molecule has 1 aromatic carbocycles. The van der Waals surface area contributed by atoms with Gasteiger partial charge in [-0.1, -0.05) is 0 Å². The summed E-state index contributed by atoms with van der Waals surface area (Å²) in [4.78, 5) is 42.1. The number of ether oxygens (including phenoxy) is 4. The van der Waals surface area contributed by atoms with E-state index in [-0.39, 0.29) is 25.5 Å². The van der Waals surface area contributed by atoms with Gasteiger partial charge in [-0.2, -0.15) is 0 Å². The zero-order chi connectivity index (χ0) is 29.4. The molecular weight excluding hydrogens is 649 g/mol. The quantitative estimate of drug-likeness (QED) is 0.208. The maximum atomic E-state index is 13.8. The number of carbonyl (C=O) groups excluding carboxylic acids is 3. The van der Waals surface area contributed by atoms with E-state index in [1.54, 1.807) is 17.0 Å². The summed E-state index contributed by atoms with van der Waals surface area (Å²) in [5.41, 5.74) is 0.727. The Kier molecular flexibility index (Phi) is 11.8. The average Bonchev–Trinajstić information content (AvgIpc) is 3.54. The molecule has 0 spiro atoms. The van der Waals surface area contributed by atoms with E-state index in [9.17, 15) is 24.6 Å². The monoisotopic (exact) mass is 687 g/mol. The van der Waals surface area contributed by atoms with Crippen LogP contribution in [0.3, 0.4) is 0 Å². The zero-order valence-electron chi connectivity index (χ0n) is 23.1. The lowest BCUT2D eigenvalue weighted by Crippen LogP contribution is -2.58. The molecule has 0 saturated carbocycles. The van der Waals surface area contributed by atoms with Crippen LogP contribution in [0.4, 0.5) is 0 Å². The van der Waals surface area contributed by atoms with Gasteiger partial charge in [-0.05, 0) is 53.6 Å². The Bertz CT molecular complexity index is 1110. The van der Waals surface area contributed by atoms with E-state index < -0.39 is 30.3 Å². The number of carbonyl (C=O) groups is 3. The molecular formula is C28H38IN3O9. The van der Waals surface area contributed by atoms with E-state index in [1.807, 2.05) is 22.6 Å². The number of benzene rings is 1. The summed E-state index contributed by atoms with van der Waals surface area (Å²) < 4.78 is 23.5. The van der Waals surface area contributed by atoms with Crippen LogP contribution < -0.4 is 14.8 Å². The topological polar surface area (TPSA) is 147 Å². The number of aliphatic hydroxyl groups excluding tert-OH is 2.